The Morgan fingerprint density at radius 3 is 2.28 bits per heavy atom. The highest BCUT2D eigenvalue weighted by Gasteiger charge is 2.72. The quantitative estimate of drug-likeness (QED) is 0.0384. The van der Waals surface area contributed by atoms with Gasteiger partial charge in [-0.05, 0) is 223 Å². The number of carbonyl (C=O) groups is 1. The largest absolute Gasteiger partial charge is 0.508 e. The maximum Gasteiger partial charge on any atom is 0.200 e. The summed E-state index contributed by atoms with van der Waals surface area (Å²) in [6, 6.07) is 29.5. The number of fused-ring (bicyclic) bond motifs is 9. The molecule has 1 aromatic heterocycles. The molecule has 6 aromatic rings. The number of nitrogens with two attached hydrogens (primary N) is 1. The van der Waals surface area contributed by atoms with Gasteiger partial charge in [0.05, 0.1) is 6.10 Å². The number of hydrogen-bond donors (Lipinski definition) is 10. The third-order valence-electron chi connectivity index (χ3n) is 23.5. The molecule has 0 saturated heterocycles. The molecule has 5 aromatic carbocycles. The number of aromatic nitrogens is 1. The molecule has 430 valence electrons. The predicted molar refractivity (Wildman–Crippen MR) is 309 cm³/mol. The van der Waals surface area contributed by atoms with Gasteiger partial charge in [-0.25, -0.2) is 0 Å². The van der Waals surface area contributed by atoms with Crippen LogP contribution in [-0.4, -0.2) is 71.1 Å². The number of aryl methyl sites for hydroxylation is 1. The number of phenolic OH excluding ortho intramolecular Hbond substituents is 6. The minimum Gasteiger partial charge on any atom is -0.508 e. The standard InChI is InChI=1S/C69H78N2O11/c70-37-82-56-27-38(11-15-53(56)76)10-14-52(75)48-29-41(28-40-12-13-44(74)32-54(40)77)47-30-42-31-51(59(60(47)62(48)79)49-33-55(78)63(80)64(58(42)49)81-35-39-6-5-7-43(73)26-39)69-24-23-68(65(69)46-16-25-71-61(46)45-8-1-2-9-50(45)69)22-21-67(36-68)20-19-66(57(67)34-72)17-3-4-18-66/h1-2,5-9,11-13,15-16,25-27,32-33,41-42,47-48,51,57,59-60,62,65,71-74,76-80H,3-4,10,14,17-24,28-31,34-37,70H2. The van der Waals surface area contributed by atoms with Crippen LogP contribution in [0.25, 0.3) is 11.3 Å². The Bertz CT molecular complexity index is 3460. The summed E-state index contributed by atoms with van der Waals surface area (Å²) in [6.07, 6.45) is 15.7. The van der Waals surface area contributed by atoms with E-state index < -0.39 is 29.3 Å². The molecule has 13 nitrogen and oxygen atoms in total. The number of ketones is 1. The number of aromatic amines is 1. The molecule has 6 fully saturated rings. The van der Waals surface area contributed by atoms with E-state index in [0.717, 1.165) is 60.9 Å². The van der Waals surface area contributed by atoms with Gasteiger partial charge in [-0.1, -0.05) is 61.4 Å². The van der Waals surface area contributed by atoms with E-state index in [1.165, 1.54) is 60.9 Å². The second-order valence-corrected chi connectivity index (χ2v) is 26.8. The lowest BCUT2D eigenvalue weighted by molar-refractivity contribution is -0.136. The van der Waals surface area contributed by atoms with Crippen LogP contribution in [0.15, 0.2) is 103 Å². The summed E-state index contributed by atoms with van der Waals surface area (Å²) >= 11 is 0. The second-order valence-electron chi connectivity index (χ2n) is 26.8. The lowest BCUT2D eigenvalue weighted by Crippen LogP contribution is -2.53. The Labute approximate surface area is 479 Å². The van der Waals surface area contributed by atoms with Gasteiger partial charge in [0, 0.05) is 59.4 Å². The minimum atomic E-state index is -1.13. The van der Waals surface area contributed by atoms with Crippen molar-refractivity contribution in [1.29, 1.82) is 0 Å². The Balaban J connectivity index is 0.947. The summed E-state index contributed by atoms with van der Waals surface area (Å²) in [6.45, 7) is 0.0957. The first-order valence-electron chi connectivity index (χ1n) is 30.4. The normalized spacial score (nSPS) is 32.5. The molecule has 0 amide bonds. The fourth-order valence-electron chi connectivity index (χ4n) is 20.5. The van der Waals surface area contributed by atoms with E-state index in [-0.39, 0.29) is 130 Å². The third-order valence-corrected chi connectivity index (χ3v) is 23.5. The summed E-state index contributed by atoms with van der Waals surface area (Å²) in [4.78, 5) is 19.1. The Morgan fingerprint density at radius 2 is 1.49 bits per heavy atom. The van der Waals surface area contributed by atoms with Gasteiger partial charge in [-0.3, -0.25) is 10.5 Å². The number of aliphatic hydroxyl groups is 2. The number of rotatable bonds is 13. The molecule has 82 heavy (non-hydrogen) atoms. The fraction of sp³-hybridized carbons (Fsp3) is 0.493. The second kappa shape index (κ2) is 20.0. The summed E-state index contributed by atoms with van der Waals surface area (Å²) in [7, 11) is 0. The van der Waals surface area contributed by atoms with E-state index in [0.29, 0.717) is 43.2 Å². The highest BCUT2D eigenvalue weighted by Crippen LogP contribution is 2.80. The number of H-pyrrole nitrogens is 1. The van der Waals surface area contributed by atoms with Crippen molar-refractivity contribution in [1.82, 2.24) is 4.98 Å². The van der Waals surface area contributed by atoms with Gasteiger partial charge in [0.1, 0.15) is 36.4 Å². The lowest BCUT2D eigenvalue weighted by Gasteiger charge is -2.56. The van der Waals surface area contributed by atoms with Crippen LogP contribution in [0.1, 0.15) is 153 Å². The molecule has 9 aliphatic carbocycles. The Hall–Kier alpha value is -6.67. The number of carbonyl (C=O) groups excluding carboxylic acids is 1. The van der Waals surface area contributed by atoms with Crippen molar-refractivity contribution in [3.8, 4) is 57.3 Å². The third kappa shape index (κ3) is 8.12. The Morgan fingerprint density at radius 1 is 0.707 bits per heavy atom. The zero-order chi connectivity index (χ0) is 56.5. The fourth-order valence-corrected chi connectivity index (χ4v) is 20.5. The molecule has 9 aliphatic rings. The van der Waals surface area contributed by atoms with E-state index >= 15 is 4.79 Å². The maximum absolute atomic E-state index is 15.4. The van der Waals surface area contributed by atoms with Gasteiger partial charge < -0.3 is 55.3 Å². The molecule has 13 heteroatoms. The maximum atomic E-state index is 15.4. The van der Waals surface area contributed by atoms with Crippen LogP contribution in [0.5, 0.6) is 46.0 Å². The van der Waals surface area contributed by atoms with E-state index in [2.05, 4.69) is 41.5 Å². The van der Waals surface area contributed by atoms with Crippen LogP contribution in [0.2, 0.25) is 0 Å². The zero-order valence-electron chi connectivity index (χ0n) is 46.6. The summed E-state index contributed by atoms with van der Waals surface area (Å²) in [5, 5.41) is 92.9. The van der Waals surface area contributed by atoms with Gasteiger partial charge in [-0.2, -0.15) is 0 Å². The lowest BCUT2D eigenvalue weighted by atomic mass is 9.47. The van der Waals surface area contributed by atoms with Crippen LogP contribution in [0.3, 0.4) is 0 Å². The SMILES string of the molecule is NCOc1cc(CCC(=O)C2CC(Cc3ccc(O)cc3O)C3CC4CC(C56CCC7(CCC8(CCC9(CCCC9)C8CO)C7)C5c5cc[nH]c5-c5ccccc56)C(c5cc(O)c(O)c(OCc6cccc(O)c6)c54)C3C2O)ccc1O. The van der Waals surface area contributed by atoms with Crippen molar-refractivity contribution >= 4 is 5.78 Å². The molecular formula is C69H78N2O11. The molecule has 6 saturated carbocycles. The van der Waals surface area contributed by atoms with E-state index in [1.54, 1.807) is 48.5 Å². The topological polar surface area (TPSA) is 239 Å². The van der Waals surface area contributed by atoms with Crippen molar-refractivity contribution in [2.45, 2.75) is 145 Å². The van der Waals surface area contributed by atoms with Gasteiger partial charge >= 0.3 is 0 Å². The monoisotopic (exact) mass is 1110 g/mol. The van der Waals surface area contributed by atoms with Crippen LogP contribution < -0.4 is 15.2 Å². The smallest absolute Gasteiger partial charge is 0.200 e. The van der Waals surface area contributed by atoms with E-state index in [4.69, 9.17) is 15.2 Å². The molecule has 13 atom stereocenters. The van der Waals surface area contributed by atoms with E-state index in [1.807, 2.05) is 6.07 Å². The number of Topliss-reactive ketones (excluding diaryl/α,β-unsaturated/α-hetero) is 1. The average Bonchev–Trinajstić information content (AvgIpc) is 3.18. The van der Waals surface area contributed by atoms with Crippen LogP contribution in [-0.2, 0) is 29.7 Å². The van der Waals surface area contributed by atoms with Gasteiger partial charge in [-0.15, -0.1) is 0 Å². The molecule has 1 heterocycles. The summed E-state index contributed by atoms with van der Waals surface area (Å²) < 4.78 is 12.3. The molecule has 11 N–H and O–H groups in total. The van der Waals surface area contributed by atoms with Crippen molar-refractivity contribution in [2.75, 3.05) is 13.3 Å². The van der Waals surface area contributed by atoms with Crippen molar-refractivity contribution in [3.63, 3.8) is 0 Å². The van der Waals surface area contributed by atoms with Crippen molar-refractivity contribution < 1.29 is 55.1 Å². The van der Waals surface area contributed by atoms with Gasteiger partial charge in [0.2, 0.25) is 5.75 Å². The number of ether oxygens (including phenoxy) is 2. The van der Waals surface area contributed by atoms with Crippen LogP contribution in [0, 0.1) is 51.8 Å². The van der Waals surface area contributed by atoms with Gasteiger partial charge in [0.25, 0.3) is 0 Å². The van der Waals surface area contributed by atoms with Gasteiger partial charge in [0.15, 0.2) is 23.0 Å². The molecule has 0 aliphatic heterocycles. The van der Waals surface area contributed by atoms with Crippen molar-refractivity contribution in [3.05, 3.63) is 142 Å². The highest BCUT2D eigenvalue weighted by molar-refractivity contribution is 5.82. The number of nitrogens with one attached hydrogen (secondary N) is 1. The molecule has 3 spiro atoms. The van der Waals surface area contributed by atoms with Crippen LogP contribution >= 0.6 is 0 Å². The highest BCUT2D eigenvalue weighted by atomic mass is 16.5. The molecular weight excluding hydrogens is 1030 g/mol. The molecule has 0 radical (unpaired) electrons. The number of phenols is 6. The number of aliphatic hydroxyl groups excluding tert-OH is 2. The van der Waals surface area contributed by atoms with E-state index in [9.17, 15) is 40.9 Å². The molecule has 15 rings (SSSR count). The summed E-state index contributed by atoms with van der Waals surface area (Å²) in [5.74, 6) is -2.78. The number of aromatic hydroxyl groups is 6. The van der Waals surface area contributed by atoms with Crippen molar-refractivity contribution in [2.24, 2.45) is 57.5 Å². The number of hydrogen-bond acceptors (Lipinski definition) is 12. The first kappa shape index (κ1) is 53.3. The summed E-state index contributed by atoms with van der Waals surface area (Å²) in [5.41, 5.74) is 14.0. The average molecular weight is 1110 g/mol. The van der Waals surface area contributed by atoms with Crippen LogP contribution in [0.4, 0.5) is 0 Å². The first-order valence-corrected chi connectivity index (χ1v) is 30.4. The Kier molecular flexibility index (Phi) is 13.0. The predicted octanol–water partition coefficient (Wildman–Crippen LogP) is 12.0. The minimum absolute atomic E-state index is 0.00436. The molecule has 2 bridgehead atoms. The first-order chi connectivity index (χ1) is 39.7. The molecule has 13 unspecified atom stereocenters. The zero-order valence-corrected chi connectivity index (χ0v) is 46.6. The number of benzene rings is 5.